The van der Waals surface area contributed by atoms with Crippen molar-refractivity contribution in [1.29, 1.82) is 0 Å². The summed E-state index contributed by atoms with van der Waals surface area (Å²) in [5.41, 5.74) is 3.70. The van der Waals surface area contributed by atoms with Gasteiger partial charge in [0.1, 0.15) is 0 Å². The summed E-state index contributed by atoms with van der Waals surface area (Å²) in [5, 5.41) is 10.5. The van der Waals surface area contributed by atoms with Crippen LogP contribution in [0.4, 0.5) is 0 Å². The van der Waals surface area contributed by atoms with E-state index in [2.05, 4.69) is 30.4 Å². The zero-order valence-electron chi connectivity index (χ0n) is 11.3. The molecule has 0 aliphatic heterocycles. The number of hydrogen-bond donors (Lipinski definition) is 1. The summed E-state index contributed by atoms with van der Waals surface area (Å²) in [5.74, 6) is -1.23. The average molecular weight is 247 g/mol. The highest BCUT2D eigenvalue weighted by Gasteiger charge is 2.30. The first-order chi connectivity index (χ1) is 8.55. The summed E-state index contributed by atoms with van der Waals surface area (Å²) in [4.78, 5) is 1.71. The lowest BCUT2D eigenvalue weighted by molar-refractivity contribution is -0.277. The van der Waals surface area contributed by atoms with Crippen molar-refractivity contribution in [3.8, 4) is 0 Å². The van der Waals surface area contributed by atoms with Gasteiger partial charge in [-0.25, -0.2) is 0 Å². The molecule has 98 valence electrons. The van der Waals surface area contributed by atoms with Crippen LogP contribution in [0, 0.1) is 0 Å². The Morgan fingerprint density at radius 3 is 2.83 bits per heavy atom. The normalized spacial score (nSPS) is 16.9. The SMILES string of the molecule is CCOC(O)(Cc1ccc2c(c1)CC=C2)N(C)C. The van der Waals surface area contributed by atoms with Gasteiger partial charge in [0.25, 0.3) is 0 Å². The van der Waals surface area contributed by atoms with Crippen LogP contribution in [0.25, 0.3) is 6.08 Å². The Labute approximate surface area is 109 Å². The average Bonchev–Trinajstić information content (AvgIpc) is 2.76. The third kappa shape index (κ3) is 2.64. The number of likely N-dealkylation sites (N-methyl/N-ethyl adjacent to an activating group) is 1. The molecular weight excluding hydrogens is 226 g/mol. The van der Waals surface area contributed by atoms with Crippen LogP contribution < -0.4 is 0 Å². The van der Waals surface area contributed by atoms with Gasteiger partial charge < -0.3 is 9.84 Å². The summed E-state index contributed by atoms with van der Waals surface area (Å²) in [6, 6.07) is 6.32. The topological polar surface area (TPSA) is 32.7 Å². The molecule has 0 spiro atoms. The molecule has 18 heavy (non-hydrogen) atoms. The molecule has 0 saturated heterocycles. The van der Waals surface area contributed by atoms with Crippen molar-refractivity contribution in [2.24, 2.45) is 0 Å². The fraction of sp³-hybridized carbons (Fsp3) is 0.467. The number of allylic oxidation sites excluding steroid dienone is 1. The van der Waals surface area contributed by atoms with E-state index in [9.17, 15) is 5.11 Å². The first-order valence-corrected chi connectivity index (χ1v) is 6.37. The van der Waals surface area contributed by atoms with Gasteiger partial charge in [0.2, 0.25) is 5.91 Å². The number of ether oxygens (including phenoxy) is 1. The maximum Gasteiger partial charge on any atom is 0.231 e. The van der Waals surface area contributed by atoms with Crippen LogP contribution in [0.2, 0.25) is 0 Å². The van der Waals surface area contributed by atoms with Gasteiger partial charge in [-0.15, -0.1) is 0 Å². The molecule has 2 rings (SSSR count). The van der Waals surface area contributed by atoms with Crippen molar-refractivity contribution in [3.63, 3.8) is 0 Å². The lowest BCUT2D eigenvalue weighted by Gasteiger charge is -2.34. The Hall–Kier alpha value is -1.16. The van der Waals surface area contributed by atoms with E-state index in [1.54, 1.807) is 4.90 Å². The summed E-state index contributed by atoms with van der Waals surface area (Å²) < 4.78 is 5.48. The molecule has 0 radical (unpaired) electrons. The predicted molar refractivity (Wildman–Crippen MR) is 73.1 cm³/mol. The highest BCUT2D eigenvalue weighted by atomic mass is 16.6. The fourth-order valence-electron chi connectivity index (χ4n) is 2.26. The van der Waals surface area contributed by atoms with Gasteiger partial charge >= 0.3 is 0 Å². The second-order valence-electron chi connectivity index (χ2n) is 4.89. The number of nitrogens with zero attached hydrogens (tertiary/aromatic N) is 1. The van der Waals surface area contributed by atoms with Crippen LogP contribution in [-0.4, -0.2) is 36.6 Å². The standard InChI is InChI=1S/C15H21NO2/c1-4-18-15(17,16(2)3)11-12-8-9-13-6-5-7-14(13)10-12/h5-6,8-10,17H,4,7,11H2,1-3H3. The summed E-state index contributed by atoms with van der Waals surface area (Å²) in [6.45, 7) is 2.38. The van der Waals surface area contributed by atoms with Crippen LogP contribution in [0.5, 0.6) is 0 Å². The van der Waals surface area contributed by atoms with E-state index in [0.717, 1.165) is 12.0 Å². The molecule has 3 nitrogen and oxygen atoms in total. The maximum absolute atomic E-state index is 10.5. The van der Waals surface area contributed by atoms with Gasteiger partial charge in [0.05, 0.1) is 0 Å². The van der Waals surface area contributed by atoms with E-state index in [1.807, 2.05) is 21.0 Å². The van der Waals surface area contributed by atoms with Gasteiger partial charge in [-0.1, -0.05) is 30.4 Å². The lowest BCUT2D eigenvalue weighted by Crippen LogP contribution is -2.48. The minimum Gasteiger partial charge on any atom is -0.353 e. The quantitative estimate of drug-likeness (QED) is 0.808. The number of hydrogen-bond acceptors (Lipinski definition) is 3. The van der Waals surface area contributed by atoms with E-state index in [0.29, 0.717) is 13.0 Å². The smallest absolute Gasteiger partial charge is 0.231 e. The second-order valence-corrected chi connectivity index (χ2v) is 4.89. The highest BCUT2D eigenvalue weighted by molar-refractivity contribution is 5.60. The molecule has 1 aromatic carbocycles. The van der Waals surface area contributed by atoms with Crippen molar-refractivity contribution < 1.29 is 9.84 Å². The van der Waals surface area contributed by atoms with Crippen LogP contribution in [0.3, 0.4) is 0 Å². The molecular formula is C15H21NO2. The van der Waals surface area contributed by atoms with Crippen molar-refractivity contribution in [2.75, 3.05) is 20.7 Å². The van der Waals surface area contributed by atoms with Crippen LogP contribution in [-0.2, 0) is 17.6 Å². The Morgan fingerprint density at radius 1 is 1.39 bits per heavy atom. The first kappa shape index (κ1) is 13.3. The number of aliphatic hydroxyl groups is 1. The van der Waals surface area contributed by atoms with Crippen molar-refractivity contribution in [1.82, 2.24) is 4.90 Å². The van der Waals surface area contributed by atoms with Crippen molar-refractivity contribution >= 4 is 6.08 Å². The number of benzene rings is 1. The Kier molecular flexibility index (Phi) is 3.85. The third-order valence-electron chi connectivity index (χ3n) is 3.35. The monoisotopic (exact) mass is 247 g/mol. The summed E-state index contributed by atoms with van der Waals surface area (Å²) in [6.07, 6.45) is 5.76. The van der Waals surface area contributed by atoms with E-state index < -0.39 is 5.91 Å². The highest BCUT2D eigenvalue weighted by Crippen LogP contribution is 2.24. The van der Waals surface area contributed by atoms with Gasteiger partial charge in [-0.2, -0.15) is 0 Å². The molecule has 0 bridgehead atoms. The van der Waals surface area contributed by atoms with Gasteiger partial charge in [0, 0.05) is 13.0 Å². The molecule has 0 aromatic heterocycles. The van der Waals surface area contributed by atoms with Gasteiger partial charge in [0.15, 0.2) is 0 Å². The van der Waals surface area contributed by atoms with E-state index in [-0.39, 0.29) is 0 Å². The Morgan fingerprint density at radius 2 is 2.17 bits per heavy atom. The molecule has 1 unspecified atom stereocenters. The van der Waals surface area contributed by atoms with Crippen molar-refractivity contribution in [3.05, 3.63) is 41.0 Å². The maximum atomic E-state index is 10.5. The molecule has 3 heteroatoms. The van der Waals surface area contributed by atoms with Crippen LogP contribution in [0.15, 0.2) is 24.3 Å². The summed E-state index contributed by atoms with van der Waals surface area (Å²) in [7, 11) is 3.65. The molecule has 1 atom stereocenters. The van der Waals surface area contributed by atoms with Crippen LogP contribution in [0.1, 0.15) is 23.6 Å². The Bertz CT molecular complexity index is 454. The molecule has 0 saturated carbocycles. The van der Waals surface area contributed by atoms with Crippen molar-refractivity contribution in [2.45, 2.75) is 25.7 Å². The van der Waals surface area contributed by atoms with E-state index in [4.69, 9.17) is 4.74 Å². The largest absolute Gasteiger partial charge is 0.353 e. The molecule has 1 aliphatic rings. The Balaban J connectivity index is 2.17. The van der Waals surface area contributed by atoms with Gasteiger partial charge in [-0.3, -0.25) is 4.90 Å². The van der Waals surface area contributed by atoms with E-state index >= 15 is 0 Å². The molecule has 0 fully saturated rings. The minimum absolute atomic E-state index is 0.473. The zero-order valence-corrected chi connectivity index (χ0v) is 11.3. The second kappa shape index (κ2) is 5.22. The predicted octanol–water partition coefficient (Wildman–Crippen LogP) is 2.04. The number of rotatable bonds is 5. The van der Waals surface area contributed by atoms with Crippen LogP contribution >= 0.6 is 0 Å². The summed E-state index contributed by atoms with van der Waals surface area (Å²) >= 11 is 0. The zero-order chi connectivity index (χ0) is 13.2. The third-order valence-corrected chi connectivity index (χ3v) is 3.35. The molecule has 1 N–H and O–H groups in total. The molecule has 0 heterocycles. The van der Waals surface area contributed by atoms with Gasteiger partial charge in [-0.05, 0) is 44.1 Å². The first-order valence-electron chi connectivity index (χ1n) is 6.37. The van der Waals surface area contributed by atoms with E-state index in [1.165, 1.54) is 11.1 Å². The molecule has 1 aliphatic carbocycles. The fourth-order valence-corrected chi connectivity index (χ4v) is 2.26. The minimum atomic E-state index is -1.23. The molecule has 0 amide bonds. The molecule has 1 aromatic rings. The lowest BCUT2D eigenvalue weighted by atomic mass is 10.0. The number of fused-ring (bicyclic) bond motifs is 1.